The highest BCUT2D eigenvalue weighted by Crippen LogP contribution is 2.55. The van der Waals surface area contributed by atoms with Gasteiger partial charge >= 0.3 is 0 Å². The molecule has 0 saturated heterocycles. The summed E-state index contributed by atoms with van der Waals surface area (Å²) in [4.78, 5) is 5.30. The van der Waals surface area contributed by atoms with E-state index < -0.39 is 0 Å². The molecule has 1 aliphatic carbocycles. The Labute approximate surface area is 321 Å². The molecule has 11 rings (SSSR count). The van der Waals surface area contributed by atoms with Crippen molar-refractivity contribution in [2.75, 3.05) is 0 Å². The molecule has 0 aromatic heterocycles. The van der Waals surface area contributed by atoms with Crippen molar-refractivity contribution >= 4 is 48.9 Å². The minimum atomic E-state index is -0.228. The summed E-state index contributed by atoms with van der Waals surface area (Å²) in [7, 11) is 0. The predicted octanol–water partition coefficient (Wildman–Crippen LogP) is 12.6. The molecular weight excluding hydrogens is 667 g/mol. The van der Waals surface area contributed by atoms with E-state index >= 15 is 0 Å². The molecule has 0 bridgehead atoms. The fraction of sp³-hybridized carbons (Fsp3) is 0.0962. The van der Waals surface area contributed by atoms with Crippen LogP contribution in [0, 0.1) is 0 Å². The molecule has 2 N–H and O–H groups in total. The second kappa shape index (κ2) is 12.2. The molecule has 9 aromatic rings. The standard InChI is InChI=1S/C52H39N3/c1-52(2)45-31-36(51-54-49(32-15-5-3-6-16-32)53-50(55-51)33-17-7-4-8-18-33)26-28-43(45)48-46(52)30-34-19-9-10-20-37(34)47(48)35-25-27-42-40-23-12-11-21-38(40)39-22-13-14-24-41(39)44(42)29-35/h3-31,49,51,54H,1-2H3,(H,53,55). The second-order valence-corrected chi connectivity index (χ2v) is 15.6. The van der Waals surface area contributed by atoms with Gasteiger partial charge in [0.15, 0.2) is 0 Å². The number of hydrogen-bond acceptors (Lipinski definition) is 3. The van der Waals surface area contributed by atoms with Crippen LogP contribution in [0.1, 0.15) is 54.0 Å². The molecule has 2 aliphatic rings. The predicted molar refractivity (Wildman–Crippen MR) is 231 cm³/mol. The van der Waals surface area contributed by atoms with Crippen LogP contribution in [0.2, 0.25) is 0 Å². The molecule has 9 aromatic carbocycles. The van der Waals surface area contributed by atoms with Crippen molar-refractivity contribution < 1.29 is 0 Å². The molecule has 0 saturated carbocycles. The van der Waals surface area contributed by atoms with Crippen molar-refractivity contribution in [1.82, 2.24) is 10.6 Å². The quantitative estimate of drug-likeness (QED) is 0.179. The average molecular weight is 706 g/mol. The summed E-state index contributed by atoms with van der Waals surface area (Å²) in [6, 6.07) is 64.3. The lowest BCUT2D eigenvalue weighted by Crippen LogP contribution is -2.45. The number of fused-ring (bicyclic) bond motifs is 10. The molecule has 0 spiro atoms. The third kappa shape index (κ3) is 4.97. The Morgan fingerprint density at radius 2 is 1.05 bits per heavy atom. The fourth-order valence-corrected chi connectivity index (χ4v) is 9.38. The van der Waals surface area contributed by atoms with Gasteiger partial charge in [0.1, 0.15) is 18.2 Å². The molecule has 0 amide bonds. The molecule has 2 atom stereocenters. The number of nitrogens with one attached hydrogen (secondary N) is 2. The largest absolute Gasteiger partial charge is 0.350 e. The van der Waals surface area contributed by atoms with E-state index in [9.17, 15) is 0 Å². The maximum atomic E-state index is 5.30. The Bertz CT molecular complexity index is 2980. The zero-order valence-electron chi connectivity index (χ0n) is 30.8. The Morgan fingerprint density at radius 3 is 1.76 bits per heavy atom. The molecule has 0 fully saturated rings. The zero-order chi connectivity index (χ0) is 36.7. The summed E-state index contributed by atoms with van der Waals surface area (Å²) in [6.45, 7) is 4.78. The van der Waals surface area contributed by atoms with Crippen LogP contribution in [0.15, 0.2) is 181 Å². The van der Waals surface area contributed by atoms with E-state index in [1.807, 2.05) is 0 Å². The summed E-state index contributed by atoms with van der Waals surface area (Å²) in [6.07, 6.45) is -0.316. The molecule has 1 aliphatic heterocycles. The van der Waals surface area contributed by atoms with Gasteiger partial charge in [-0.1, -0.05) is 178 Å². The highest BCUT2D eigenvalue weighted by atomic mass is 15.3. The maximum Gasteiger partial charge on any atom is 0.131 e. The first kappa shape index (κ1) is 31.9. The van der Waals surface area contributed by atoms with E-state index in [0.29, 0.717) is 0 Å². The van der Waals surface area contributed by atoms with E-state index in [4.69, 9.17) is 4.99 Å². The smallest absolute Gasteiger partial charge is 0.131 e. The topological polar surface area (TPSA) is 36.4 Å². The first-order valence-corrected chi connectivity index (χ1v) is 19.3. The maximum absolute atomic E-state index is 5.30. The Balaban J connectivity index is 1.11. The molecule has 55 heavy (non-hydrogen) atoms. The van der Waals surface area contributed by atoms with Gasteiger partial charge < -0.3 is 5.32 Å². The van der Waals surface area contributed by atoms with Gasteiger partial charge in [0.25, 0.3) is 0 Å². The Hall–Kier alpha value is -6.55. The van der Waals surface area contributed by atoms with Gasteiger partial charge in [0, 0.05) is 11.0 Å². The number of amidine groups is 1. The third-order valence-corrected chi connectivity index (χ3v) is 12.1. The number of aliphatic imine (C=N–C) groups is 1. The first-order chi connectivity index (χ1) is 27.0. The van der Waals surface area contributed by atoms with Crippen LogP contribution >= 0.6 is 0 Å². The van der Waals surface area contributed by atoms with Gasteiger partial charge in [-0.3, -0.25) is 5.32 Å². The van der Waals surface area contributed by atoms with Crippen LogP contribution in [0.4, 0.5) is 0 Å². The average Bonchev–Trinajstić information content (AvgIpc) is 3.47. The van der Waals surface area contributed by atoms with Crippen molar-refractivity contribution in [2.45, 2.75) is 31.6 Å². The lowest BCUT2D eigenvalue weighted by Gasteiger charge is -2.32. The Kier molecular flexibility index (Phi) is 7.11. The van der Waals surface area contributed by atoms with Gasteiger partial charge in [0.2, 0.25) is 0 Å². The third-order valence-electron chi connectivity index (χ3n) is 12.1. The van der Waals surface area contributed by atoms with Gasteiger partial charge in [0.05, 0.1) is 0 Å². The number of hydrogen-bond donors (Lipinski definition) is 2. The monoisotopic (exact) mass is 705 g/mol. The summed E-state index contributed by atoms with van der Waals surface area (Å²) >= 11 is 0. The van der Waals surface area contributed by atoms with E-state index in [1.165, 1.54) is 82.0 Å². The van der Waals surface area contributed by atoms with Crippen LogP contribution in [-0.4, -0.2) is 5.84 Å². The molecular formula is C52H39N3. The lowest BCUT2D eigenvalue weighted by molar-refractivity contribution is 0.408. The summed E-state index contributed by atoms with van der Waals surface area (Å²) in [5, 5.41) is 17.8. The van der Waals surface area contributed by atoms with Crippen LogP contribution in [0.25, 0.3) is 65.3 Å². The summed E-state index contributed by atoms with van der Waals surface area (Å²) in [5.74, 6) is 0.895. The molecule has 2 unspecified atom stereocenters. The first-order valence-electron chi connectivity index (χ1n) is 19.3. The van der Waals surface area contributed by atoms with Crippen molar-refractivity contribution in [3.05, 3.63) is 204 Å². The highest BCUT2D eigenvalue weighted by Gasteiger charge is 2.39. The Morgan fingerprint density at radius 1 is 0.455 bits per heavy atom. The van der Waals surface area contributed by atoms with E-state index in [2.05, 4.69) is 200 Å². The van der Waals surface area contributed by atoms with Gasteiger partial charge in [-0.15, -0.1) is 0 Å². The van der Waals surface area contributed by atoms with Crippen molar-refractivity contribution in [2.24, 2.45) is 4.99 Å². The van der Waals surface area contributed by atoms with Gasteiger partial charge in [-0.2, -0.15) is 0 Å². The molecule has 262 valence electrons. The van der Waals surface area contributed by atoms with Crippen LogP contribution in [0.3, 0.4) is 0 Å². The van der Waals surface area contributed by atoms with Crippen LogP contribution in [0.5, 0.6) is 0 Å². The second-order valence-electron chi connectivity index (χ2n) is 15.6. The zero-order valence-corrected chi connectivity index (χ0v) is 30.8. The lowest BCUT2D eigenvalue weighted by atomic mass is 9.80. The summed E-state index contributed by atoms with van der Waals surface area (Å²) in [5.41, 5.74) is 11.1. The fourth-order valence-electron chi connectivity index (χ4n) is 9.38. The number of benzene rings is 9. The molecule has 0 radical (unpaired) electrons. The minimum absolute atomic E-state index is 0.0876. The van der Waals surface area contributed by atoms with Gasteiger partial charge in [-0.05, 0) is 99.7 Å². The highest BCUT2D eigenvalue weighted by molar-refractivity contribution is 6.26. The molecule has 1 heterocycles. The SMILES string of the molecule is CC1(C)c2cc(C3N=C(c4ccccc4)NC(c4ccccc4)N3)ccc2-c2c1cc1ccccc1c2-c1ccc2c3ccccc3c3ccccc3c2c1. The normalized spacial score (nSPS) is 17.2. The van der Waals surface area contributed by atoms with E-state index in [-0.39, 0.29) is 17.7 Å². The minimum Gasteiger partial charge on any atom is -0.350 e. The van der Waals surface area contributed by atoms with Crippen LogP contribution in [-0.2, 0) is 5.41 Å². The number of nitrogens with zero attached hydrogens (tertiary/aromatic N) is 1. The van der Waals surface area contributed by atoms with E-state index in [0.717, 1.165) is 17.0 Å². The number of rotatable bonds is 4. The van der Waals surface area contributed by atoms with E-state index in [1.54, 1.807) is 0 Å². The van der Waals surface area contributed by atoms with Crippen molar-refractivity contribution in [1.29, 1.82) is 0 Å². The summed E-state index contributed by atoms with van der Waals surface area (Å²) < 4.78 is 0. The molecule has 3 nitrogen and oxygen atoms in total. The van der Waals surface area contributed by atoms with Crippen LogP contribution < -0.4 is 10.6 Å². The molecule has 3 heteroatoms. The van der Waals surface area contributed by atoms with Crippen molar-refractivity contribution in [3.63, 3.8) is 0 Å². The van der Waals surface area contributed by atoms with Crippen molar-refractivity contribution in [3.8, 4) is 22.3 Å². The van der Waals surface area contributed by atoms with Gasteiger partial charge in [-0.25, -0.2) is 4.99 Å².